The number of benzene rings is 4. The molecule has 0 aliphatic carbocycles. The molecule has 178 valence electrons. The number of carboxylic acid groups (broad SMARTS) is 1. The lowest BCUT2D eigenvalue weighted by atomic mass is 9.94. The second kappa shape index (κ2) is 11.3. The number of anilines is 1. The Morgan fingerprint density at radius 2 is 1.54 bits per heavy atom. The van der Waals surface area contributed by atoms with Gasteiger partial charge < -0.3 is 15.2 Å². The number of amides is 1. The molecule has 5 nitrogen and oxygen atoms in total. The molecule has 1 unspecified atom stereocenters. The molecule has 35 heavy (non-hydrogen) atoms. The summed E-state index contributed by atoms with van der Waals surface area (Å²) in [7, 11) is 0. The zero-order valence-corrected chi connectivity index (χ0v) is 19.7. The third kappa shape index (κ3) is 6.27. The maximum absolute atomic E-state index is 13.1. The molecule has 0 heterocycles. The molecule has 4 aromatic carbocycles. The number of carbonyl (C=O) groups excluding carboxylic acids is 1. The van der Waals surface area contributed by atoms with E-state index in [1.807, 2.05) is 85.8 Å². The largest absolute Gasteiger partial charge is 0.487 e. The second-order valence-corrected chi connectivity index (χ2v) is 8.63. The number of hydrogen-bond donors (Lipinski definition) is 2. The van der Waals surface area contributed by atoms with Gasteiger partial charge in [0, 0.05) is 6.42 Å². The Morgan fingerprint density at radius 3 is 2.34 bits per heavy atom. The van der Waals surface area contributed by atoms with Crippen LogP contribution in [0.15, 0.2) is 91.0 Å². The van der Waals surface area contributed by atoms with Gasteiger partial charge in [0.2, 0.25) is 5.91 Å². The minimum Gasteiger partial charge on any atom is -0.487 e. The van der Waals surface area contributed by atoms with Crippen LogP contribution in [0.3, 0.4) is 0 Å². The summed E-state index contributed by atoms with van der Waals surface area (Å²) in [5.41, 5.74) is 3.72. The zero-order chi connectivity index (χ0) is 24.6. The minimum absolute atomic E-state index is 0.0943. The van der Waals surface area contributed by atoms with Gasteiger partial charge in [-0.1, -0.05) is 78.9 Å². The molecule has 1 atom stereocenters. The fraction of sp³-hybridized carbons (Fsp3) is 0.200. The van der Waals surface area contributed by atoms with Gasteiger partial charge >= 0.3 is 5.97 Å². The average molecular weight is 468 g/mol. The third-order valence-electron chi connectivity index (χ3n) is 6.10. The predicted molar refractivity (Wildman–Crippen MR) is 139 cm³/mol. The topological polar surface area (TPSA) is 75.6 Å². The number of rotatable bonds is 10. The fourth-order valence-corrected chi connectivity index (χ4v) is 4.11. The van der Waals surface area contributed by atoms with Crippen LogP contribution in [0.5, 0.6) is 5.75 Å². The van der Waals surface area contributed by atoms with Crippen molar-refractivity contribution in [3.63, 3.8) is 0 Å². The van der Waals surface area contributed by atoms with E-state index >= 15 is 0 Å². The van der Waals surface area contributed by atoms with E-state index in [-0.39, 0.29) is 18.2 Å². The number of aliphatic carboxylic acids is 1. The molecule has 0 spiro atoms. The van der Waals surface area contributed by atoms with Crippen molar-refractivity contribution in [2.75, 3.05) is 5.32 Å². The summed E-state index contributed by atoms with van der Waals surface area (Å²) in [6, 6.07) is 29.5. The van der Waals surface area contributed by atoms with Crippen molar-refractivity contribution in [2.24, 2.45) is 0 Å². The van der Waals surface area contributed by atoms with Crippen LogP contribution in [0.2, 0.25) is 0 Å². The van der Waals surface area contributed by atoms with E-state index in [0.717, 1.165) is 33.9 Å². The summed E-state index contributed by atoms with van der Waals surface area (Å²) in [5, 5.41) is 14.0. The Kier molecular flexibility index (Phi) is 7.78. The molecule has 1 amide bonds. The van der Waals surface area contributed by atoms with Crippen LogP contribution in [-0.4, -0.2) is 17.0 Å². The molecule has 0 saturated carbocycles. The summed E-state index contributed by atoms with van der Waals surface area (Å²) in [5.74, 6) is -0.588. The molecule has 0 aliphatic rings. The molecule has 4 aromatic rings. The lowest BCUT2D eigenvalue weighted by Gasteiger charge is -2.17. The summed E-state index contributed by atoms with van der Waals surface area (Å²) >= 11 is 0. The van der Waals surface area contributed by atoms with Crippen LogP contribution in [0.1, 0.15) is 42.4 Å². The number of hydrogen-bond acceptors (Lipinski definition) is 3. The molecule has 0 aliphatic heterocycles. The molecule has 0 aromatic heterocycles. The smallest absolute Gasteiger partial charge is 0.303 e. The Morgan fingerprint density at radius 1 is 0.857 bits per heavy atom. The van der Waals surface area contributed by atoms with E-state index in [0.29, 0.717) is 24.5 Å². The Bertz CT molecular complexity index is 1310. The van der Waals surface area contributed by atoms with Gasteiger partial charge in [0.15, 0.2) is 0 Å². The van der Waals surface area contributed by atoms with E-state index in [4.69, 9.17) is 9.84 Å². The second-order valence-electron chi connectivity index (χ2n) is 8.63. The first-order valence-corrected chi connectivity index (χ1v) is 11.8. The quantitative estimate of drug-likeness (QED) is 0.277. The van der Waals surface area contributed by atoms with Gasteiger partial charge in [-0.05, 0) is 59.4 Å². The highest BCUT2D eigenvalue weighted by atomic mass is 16.5. The van der Waals surface area contributed by atoms with Gasteiger partial charge in [0.1, 0.15) is 12.4 Å². The predicted octanol–water partition coefficient (Wildman–Crippen LogP) is 6.57. The first-order chi connectivity index (χ1) is 17.0. The van der Waals surface area contributed by atoms with Crippen molar-refractivity contribution in [3.8, 4) is 5.75 Å². The molecule has 2 N–H and O–H groups in total. The van der Waals surface area contributed by atoms with Gasteiger partial charge in [-0.2, -0.15) is 0 Å². The normalized spacial score (nSPS) is 11.7. The van der Waals surface area contributed by atoms with Gasteiger partial charge in [0.25, 0.3) is 0 Å². The van der Waals surface area contributed by atoms with Crippen molar-refractivity contribution in [1.29, 1.82) is 0 Å². The van der Waals surface area contributed by atoms with Crippen molar-refractivity contribution in [2.45, 2.75) is 38.7 Å². The Balaban J connectivity index is 1.40. The van der Waals surface area contributed by atoms with E-state index in [1.54, 1.807) is 0 Å². The number of nitrogens with one attached hydrogen (secondary N) is 1. The lowest BCUT2D eigenvalue weighted by Crippen LogP contribution is -2.19. The van der Waals surface area contributed by atoms with Crippen LogP contribution >= 0.6 is 0 Å². The molecule has 0 saturated heterocycles. The molecule has 0 bridgehead atoms. The number of ether oxygens (including phenoxy) is 1. The van der Waals surface area contributed by atoms with Crippen LogP contribution in [0.25, 0.3) is 10.8 Å². The van der Waals surface area contributed by atoms with Crippen LogP contribution in [-0.2, 0) is 22.6 Å². The van der Waals surface area contributed by atoms with E-state index in [9.17, 15) is 9.59 Å². The monoisotopic (exact) mass is 467 g/mol. The first-order valence-electron chi connectivity index (χ1n) is 11.8. The van der Waals surface area contributed by atoms with Crippen LogP contribution in [0, 0.1) is 0 Å². The SMILES string of the molecule is CC(C(=O)Nc1ccccc1OCc1ccc(CCCC(=O)O)cc1)c1cccc2ccccc12. The summed E-state index contributed by atoms with van der Waals surface area (Å²) in [6.45, 7) is 2.28. The zero-order valence-electron chi connectivity index (χ0n) is 19.7. The Labute approximate surface area is 205 Å². The molecule has 4 rings (SSSR count). The van der Waals surface area contributed by atoms with Crippen LogP contribution in [0.4, 0.5) is 5.69 Å². The maximum Gasteiger partial charge on any atom is 0.303 e. The number of para-hydroxylation sites is 2. The maximum atomic E-state index is 13.1. The van der Waals surface area contributed by atoms with Gasteiger partial charge in [-0.3, -0.25) is 9.59 Å². The molecule has 0 radical (unpaired) electrons. The van der Waals surface area contributed by atoms with Crippen LogP contribution < -0.4 is 10.1 Å². The minimum atomic E-state index is -0.771. The standard InChI is InChI=1S/C30H29NO4/c1-21(25-12-7-10-24-9-2-3-11-26(24)25)30(34)31-27-13-4-5-14-28(27)35-20-23-18-16-22(17-19-23)8-6-15-29(32)33/h2-5,7,9-14,16-19,21H,6,8,15,20H2,1H3,(H,31,34)(H,32,33). The molecular formula is C30H29NO4. The Hall–Kier alpha value is -4.12. The van der Waals surface area contributed by atoms with Gasteiger partial charge in [0.05, 0.1) is 11.6 Å². The van der Waals surface area contributed by atoms with E-state index in [2.05, 4.69) is 17.4 Å². The number of aryl methyl sites for hydroxylation is 1. The van der Waals surface area contributed by atoms with Crippen molar-refractivity contribution < 1.29 is 19.4 Å². The van der Waals surface area contributed by atoms with E-state index in [1.165, 1.54) is 0 Å². The number of fused-ring (bicyclic) bond motifs is 1. The summed E-state index contributed by atoms with van der Waals surface area (Å²) in [4.78, 5) is 23.8. The van der Waals surface area contributed by atoms with Crippen molar-refractivity contribution in [1.82, 2.24) is 0 Å². The highest BCUT2D eigenvalue weighted by molar-refractivity contribution is 6.00. The molecular weight excluding hydrogens is 438 g/mol. The molecule has 5 heteroatoms. The highest BCUT2D eigenvalue weighted by Crippen LogP contribution is 2.29. The van der Waals surface area contributed by atoms with Gasteiger partial charge in [-0.15, -0.1) is 0 Å². The van der Waals surface area contributed by atoms with Crippen molar-refractivity contribution in [3.05, 3.63) is 108 Å². The lowest BCUT2D eigenvalue weighted by molar-refractivity contribution is -0.137. The summed E-state index contributed by atoms with van der Waals surface area (Å²) in [6.07, 6.45) is 1.53. The highest BCUT2D eigenvalue weighted by Gasteiger charge is 2.19. The average Bonchev–Trinajstić information content (AvgIpc) is 2.88. The fourth-order valence-electron chi connectivity index (χ4n) is 4.11. The van der Waals surface area contributed by atoms with Crippen molar-refractivity contribution >= 4 is 28.3 Å². The van der Waals surface area contributed by atoms with Gasteiger partial charge in [-0.25, -0.2) is 0 Å². The summed E-state index contributed by atoms with van der Waals surface area (Å²) < 4.78 is 6.04. The third-order valence-corrected chi connectivity index (χ3v) is 6.10. The number of carbonyl (C=O) groups is 2. The molecule has 0 fully saturated rings. The van der Waals surface area contributed by atoms with E-state index < -0.39 is 5.97 Å². The first kappa shape index (κ1) is 24.0. The number of carboxylic acids is 1.